The summed E-state index contributed by atoms with van der Waals surface area (Å²) in [5.74, 6) is 1.22. The summed E-state index contributed by atoms with van der Waals surface area (Å²) in [7, 11) is 5.28. The van der Waals surface area contributed by atoms with Crippen LogP contribution in [0.15, 0.2) is 59.6 Å². The molecule has 0 bridgehead atoms. The predicted octanol–water partition coefficient (Wildman–Crippen LogP) is 3.19. The van der Waals surface area contributed by atoms with E-state index in [9.17, 15) is 4.79 Å². The molecule has 1 unspecified atom stereocenters. The molecule has 1 amide bonds. The van der Waals surface area contributed by atoms with Gasteiger partial charge in [-0.3, -0.25) is 9.79 Å². The molecule has 6 nitrogen and oxygen atoms in total. The van der Waals surface area contributed by atoms with Gasteiger partial charge in [0.2, 0.25) is 0 Å². The van der Waals surface area contributed by atoms with E-state index in [1.54, 1.807) is 26.0 Å². The molecule has 0 fully saturated rings. The lowest BCUT2D eigenvalue weighted by Gasteiger charge is -2.25. The fourth-order valence-electron chi connectivity index (χ4n) is 2.84. The maximum absolute atomic E-state index is 12.0. The number of nitrogens with zero attached hydrogens (tertiary/aromatic N) is 2. The van der Waals surface area contributed by atoms with Gasteiger partial charge >= 0.3 is 0 Å². The molecule has 0 saturated heterocycles. The van der Waals surface area contributed by atoms with E-state index in [4.69, 9.17) is 0 Å². The topological polar surface area (TPSA) is 68.8 Å². The fraction of sp³-hybridized carbons (Fsp3) is 0.391. The third-order valence-electron chi connectivity index (χ3n) is 4.71. The molecule has 1 atom stereocenters. The second kappa shape index (κ2) is 11.1. The fourth-order valence-corrected chi connectivity index (χ4v) is 2.84. The summed E-state index contributed by atoms with van der Waals surface area (Å²) >= 11 is 0. The van der Waals surface area contributed by atoms with Crippen molar-refractivity contribution in [1.82, 2.24) is 15.5 Å². The molecule has 2 aromatic carbocycles. The smallest absolute Gasteiger partial charge is 0.253 e. The minimum atomic E-state index is 0.00706. The molecule has 0 aliphatic rings. The maximum atomic E-state index is 12.0. The van der Waals surface area contributed by atoms with Gasteiger partial charge in [0, 0.05) is 51.5 Å². The van der Waals surface area contributed by atoms with Gasteiger partial charge in [-0.1, -0.05) is 44.2 Å². The zero-order valence-corrected chi connectivity index (χ0v) is 18.1. The second-order valence-electron chi connectivity index (χ2n) is 7.56. The Morgan fingerprint density at radius 3 is 2.21 bits per heavy atom. The molecule has 2 rings (SSSR count). The van der Waals surface area contributed by atoms with Gasteiger partial charge in [-0.25, -0.2) is 0 Å². The number of rotatable bonds is 8. The number of guanidine groups is 1. The third kappa shape index (κ3) is 7.14. The van der Waals surface area contributed by atoms with E-state index in [0.717, 1.165) is 23.8 Å². The van der Waals surface area contributed by atoms with Crippen molar-refractivity contribution in [3.8, 4) is 0 Å². The van der Waals surface area contributed by atoms with E-state index in [1.807, 2.05) is 42.5 Å². The summed E-state index contributed by atoms with van der Waals surface area (Å²) in [4.78, 5) is 17.9. The SMILES string of the molecule is CN=C(NCc1ccc(C(=O)N(C)C)cc1)NCC(Nc1ccccc1)C(C)C. The predicted molar refractivity (Wildman–Crippen MR) is 121 cm³/mol. The second-order valence-corrected chi connectivity index (χ2v) is 7.56. The Morgan fingerprint density at radius 1 is 1.00 bits per heavy atom. The number of aliphatic imine (C=N–C) groups is 1. The Hall–Kier alpha value is -3.02. The van der Waals surface area contributed by atoms with Crippen LogP contribution in [-0.2, 0) is 6.54 Å². The highest BCUT2D eigenvalue weighted by Gasteiger charge is 2.14. The first-order valence-electron chi connectivity index (χ1n) is 9.97. The van der Waals surface area contributed by atoms with Gasteiger partial charge in [0.1, 0.15) is 0 Å². The average Bonchev–Trinajstić information content (AvgIpc) is 2.73. The monoisotopic (exact) mass is 395 g/mol. The molecule has 0 aromatic heterocycles. The molecule has 0 radical (unpaired) electrons. The van der Waals surface area contributed by atoms with Gasteiger partial charge in [-0.15, -0.1) is 0 Å². The number of hydrogen-bond acceptors (Lipinski definition) is 3. The summed E-state index contributed by atoms with van der Waals surface area (Å²) in [5.41, 5.74) is 2.89. The minimum Gasteiger partial charge on any atom is -0.380 e. The van der Waals surface area contributed by atoms with E-state index in [2.05, 4.69) is 46.9 Å². The van der Waals surface area contributed by atoms with Gasteiger partial charge in [-0.2, -0.15) is 0 Å². The first kappa shape index (κ1) is 22.3. The van der Waals surface area contributed by atoms with Crippen LogP contribution in [0.1, 0.15) is 29.8 Å². The number of carbonyl (C=O) groups is 1. The lowest BCUT2D eigenvalue weighted by Crippen LogP contribution is -2.44. The lowest BCUT2D eigenvalue weighted by atomic mass is 10.0. The van der Waals surface area contributed by atoms with Crippen molar-refractivity contribution in [2.45, 2.75) is 26.4 Å². The number of anilines is 1. The number of amides is 1. The first-order valence-corrected chi connectivity index (χ1v) is 9.97. The number of hydrogen-bond donors (Lipinski definition) is 3. The van der Waals surface area contributed by atoms with Crippen LogP contribution in [0.5, 0.6) is 0 Å². The van der Waals surface area contributed by atoms with Crippen molar-refractivity contribution in [2.75, 3.05) is 33.0 Å². The molecule has 0 aliphatic heterocycles. The van der Waals surface area contributed by atoms with E-state index in [0.29, 0.717) is 18.0 Å². The Bertz CT molecular complexity index is 785. The van der Waals surface area contributed by atoms with Crippen molar-refractivity contribution in [3.63, 3.8) is 0 Å². The van der Waals surface area contributed by atoms with Crippen molar-refractivity contribution in [1.29, 1.82) is 0 Å². The Balaban J connectivity index is 1.87. The van der Waals surface area contributed by atoms with Crippen LogP contribution in [-0.4, -0.2) is 50.5 Å². The zero-order valence-electron chi connectivity index (χ0n) is 18.1. The van der Waals surface area contributed by atoms with Crippen molar-refractivity contribution < 1.29 is 4.79 Å². The van der Waals surface area contributed by atoms with Crippen molar-refractivity contribution >= 4 is 17.6 Å². The standard InChI is InChI=1S/C23H33N5O/c1-17(2)21(27-20-9-7-6-8-10-20)16-26-23(24-3)25-15-18-11-13-19(14-12-18)22(29)28(4)5/h6-14,17,21,27H,15-16H2,1-5H3,(H2,24,25,26). The number of nitrogens with one attached hydrogen (secondary N) is 3. The summed E-state index contributed by atoms with van der Waals surface area (Å²) in [6.45, 7) is 5.79. The molecule has 2 aromatic rings. The van der Waals surface area contributed by atoms with Crippen LogP contribution < -0.4 is 16.0 Å². The van der Waals surface area contributed by atoms with E-state index >= 15 is 0 Å². The highest BCUT2D eigenvalue weighted by molar-refractivity contribution is 5.93. The molecule has 6 heteroatoms. The number of benzene rings is 2. The van der Waals surface area contributed by atoms with Gasteiger partial charge < -0.3 is 20.9 Å². The normalized spacial score (nSPS) is 12.4. The van der Waals surface area contributed by atoms with E-state index in [1.165, 1.54) is 0 Å². The molecule has 0 saturated carbocycles. The first-order chi connectivity index (χ1) is 13.9. The zero-order chi connectivity index (χ0) is 21.2. The number of carbonyl (C=O) groups excluding carboxylic acids is 1. The molecule has 29 heavy (non-hydrogen) atoms. The Labute approximate surface area is 174 Å². The van der Waals surface area contributed by atoms with Crippen LogP contribution in [0.4, 0.5) is 5.69 Å². The quantitative estimate of drug-likeness (QED) is 0.474. The molecule has 156 valence electrons. The van der Waals surface area contributed by atoms with Crippen molar-refractivity contribution in [3.05, 3.63) is 65.7 Å². The number of para-hydroxylation sites is 1. The highest BCUT2D eigenvalue weighted by atomic mass is 16.2. The van der Waals surface area contributed by atoms with Crippen LogP contribution in [0.25, 0.3) is 0 Å². The van der Waals surface area contributed by atoms with E-state index < -0.39 is 0 Å². The van der Waals surface area contributed by atoms with Crippen molar-refractivity contribution in [2.24, 2.45) is 10.9 Å². The van der Waals surface area contributed by atoms with Crippen LogP contribution in [0.2, 0.25) is 0 Å². The summed E-state index contributed by atoms with van der Waals surface area (Å²) in [6.07, 6.45) is 0. The molecular formula is C23H33N5O. The Morgan fingerprint density at radius 2 is 1.66 bits per heavy atom. The molecule has 0 aliphatic carbocycles. The minimum absolute atomic E-state index is 0.00706. The lowest BCUT2D eigenvalue weighted by molar-refractivity contribution is 0.0827. The highest BCUT2D eigenvalue weighted by Crippen LogP contribution is 2.12. The van der Waals surface area contributed by atoms with E-state index in [-0.39, 0.29) is 11.9 Å². The van der Waals surface area contributed by atoms with Gasteiger partial charge in [0.25, 0.3) is 5.91 Å². The van der Waals surface area contributed by atoms with Crippen LogP contribution in [0.3, 0.4) is 0 Å². The largest absolute Gasteiger partial charge is 0.380 e. The molecule has 0 spiro atoms. The summed E-state index contributed by atoms with van der Waals surface area (Å²) in [6, 6.07) is 18.1. The summed E-state index contributed by atoms with van der Waals surface area (Å²) < 4.78 is 0. The van der Waals surface area contributed by atoms with Gasteiger partial charge in [0.05, 0.1) is 0 Å². The van der Waals surface area contributed by atoms with Crippen LogP contribution in [0, 0.1) is 5.92 Å². The average molecular weight is 396 g/mol. The third-order valence-corrected chi connectivity index (χ3v) is 4.71. The Kier molecular flexibility index (Phi) is 8.52. The molecule has 3 N–H and O–H groups in total. The van der Waals surface area contributed by atoms with Gasteiger partial charge in [-0.05, 0) is 35.7 Å². The molecular weight excluding hydrogens is 362 g/mol. The maximum Gasteiger partial charge on any atom is 0.253 e. The molecule has 0 heterocycles. The van der Waals surface area contributed by atoms with Crippen LogP contribution >= 0.6 is 0 Å². The van der Waals surface area contributed by atoms with Gasteiger partial charge in [0.15, 0.2) is 5.96 Å². The summed E-state index contributed by atoms with van der Waals surface area (Å²) in [5, 5.41) is 10.3.